The monoisotopic (exact) mass is 278 g/mol. The smallest absolute Gasteiger partial charge is 0.322 e. The van der Waals surface area contributed by atoms with Gasteiger partial charge in [-0.1, -0.05) is 60.7 Å². The minimum Gasteiger partial charge on any atom is -0.327 e. The normalized spacial score (nSPS) is 18.1. The second-order valence-corrected chi connectivity index (χ2v) is 5.03. The Kier molecular flexibility index (Phi) is 3.73. The van der Waals surface area contributed by atoms with Crippen molar-refractivity contribution in [3.05, 3.63) is 78.0 Å². The van der Waals surface area contributed by atoms with Crippen molar-refractivity contribution >= 4 is 11.6 Å². The van der Waals surface area contributed by atoms with E-state index in [-0.39, 0.29) is 12.1 Å². The molecule has 3 heteroatoms. The Balaban J connectivity index is 2.07. The summed E-state index contributed by atoms with van der Waals surface area (Å²) in [4.78, 5) is 13.9. The van der Waals surface area contributed by atoms with Crippen molar-refractivity contribution in [3.8, 4) is 0 Å². The third kappa shape index (κ3) is 2.68. The predicted octanol–water partition coefficient (Wildman–Crippen LogP) is 3.81. The number of nitrogens with zero attached hydrogens (tertiary/aromatic N) is 1. The highest BCUT2D eigenvalue weighted by Crippen LogP contribution is 2.33. The van der Waals surface area contributed by atoms with E-state index >= 15 is 0 Å². The first kappa shape index (κ1) is 13.4. The second-order valence-electron chi connectivity index (χ2n) is 5.03. The Labute approximate surface area is 124 Å². The van der Waals surface area contributed by atoms with Gasteiger partial charge in [0, 0.05) is 18.3 Å². The number of amides is 2. The van der Waals surface area contributed by atoms with Crippen molar-refractivity contribution in [2.24, 2.45) is 0 Å². The van der Waals surface area contributed by atoms with Crippen LogP contribution in [0.1, 0.15) is 24.1 Å². The van der Waals surface area contributed by atoms with Gasteiger partial charge in [-0.2, -0.15) is 0 Å². The molecule has 1 N–H and O–H groups in total. The number of benzene rings is 2. The van der Waals surface area contributed by atoms with Crippen molar-refractivity contribution in [3.63, 3.8) is 0 Å². The Morgan fingerprint density at radius 1 is 1.00 bits per heavy atom. The molecule has 1 aliphatic rings. The first-order valence-electron chi connectivity index (χ1n) is 7.19. The van der Waals surface area contributed by atoms with Gasteiger partial charge < -0.3 is 10.2 Å². The molecule has 3 rings (SSSR count). The molecule has 21 heavy (non-hydrogen) atoms. The van der Waals surface area contributed by atoms with E-state index in [1.165, 1.54) is 0 Å². The molecule has 1 unspecified atom stereocenters. The molecule has 0 bridgehead atoms. The topological polar surface area (TPSA) is 32.3 Å². The van der Waals surface area contributed by atoms with Crippen molar-refractivity contribution in [1.82, 2.24) is 10.2 Å². The summed E-state index contributed by atoms with van der Waals surface area (Å²) in [5, 5.41) is 3.10. The molecule has 0 spiro atoms. The summed E-state index contributed by atoms with van der Waals surface area (Å²) < 4.78 is 0. The molecule has 2 amide bonds. The Morgan fingerprint density at radius 2 is 1.62 bits per heavy atom. The van der Waals surface area contributed by atoms with Crippen LogP contribution in [0.25, 0.3) is 5.57 Å². The number of urea groups is 1. The van der Waals surface area contributed by atoms with Gasteiger partial charge in [-0.3, -0.25) is 0 Å². The largest absolute Gasteiger partial charge is 0.327 e. The zero-order valence-corrected chi connectivity index (χ0v) is 12.0. The van der Waals surface area contributed by atoms with Crippen LogP contribution in [0.2, 0.25) is 0 Å². The maximum absolute atomic E-state index is 12.2. The fourth-order valence-electron chi connectivity index (χ4n) is 2.60. The van der Waals surface area contributed by atoms with Gasteiger partial charge in [0.25, 0.3) is 0 Å². The van der Waals surface area contributed by atoms with Gasteiger partial charge in [0.15, 0.2) is 0 Å². The molecular weight excluding hydrogens is 260 g/mol. The molecule has 0 aliphatic carbocycles. The SMILES string of the molecule is CCN1C=C(c2ccccc2)C(c2ccccc2)NC1=O. The molecule has 2 aromatic carbocycles. The maximum atomic E-state index is 12.2. The lowest BCUT2D eigenvalue weighted by Crippen LogP contribution is -2.43. The highest BCUT2D eigenvalue weighted by molar-refractivity contribution is 5.86. The lowest BCUT2D eigenvalue weighted by Gasteiger charge is -2.32. The molecule has 2 aromatic rings. The van der Waals surface area contributed by atoms with E-state index in [0.29, 0.717) is 6.54 Å². The van der Waals surface area contributed by atoms with E-state index in [9.17, 15) is 4.79 Å². The van der Waals surface area contributed by atoms with Crippen LogP contribution in [0.5, 0.6) is 0 Å². The van der Waals surface area contributed by atoms with Gasteiger partial charge in [-0.05, 0) is 18.1 Å². The van der Waals surface area contributed by atoms with Crippen molar-refractivity contribution in [2.75, 3.05) is 6.54 Å². The standard InChI is InChI=1S/C18H18N2O/c1-2-20-13-16(14-9-5-3-6-10-14)17(19-18(20)21)15-11-7-4-8-12-15/h3-13,17H,2H2,1H3,(H,19,21). The molecule has 1 heterocycles. The van der Waals surface area contributed by atoms with E-state index in [1.807, 2.05) is 61.7 Å². The summed E-state index contributed by atoms with van der Waals surface area (Å²) in [7, 11) is 0. The minimum atomic E-state index is -0.108. The fourth-order valence-corrected chi connectivity index (χ4v) is 2.60. The molecule has 0 radical (unpaired) electrons. The quantitative estimate of drug-likeness (QED) is 0.909. The summed E-state index contributed by atoms with van der Waals surface area (Å²) in [5.74, 6) is 0. The average molecular weight is 278 g/mol. The van der Waals surface area contributed by atoms with Gasteiger partial charge in [0.2, 0.25) is 0 Å². The van der Waals surface area contributed by atoms with Crippen LogP contribution in [-0.4, -0.2) is 17.5 Å². The van der Waals surface area contributed by atoms with Crippen LogP contribution in [0.4, 0.5) is 4.79 Å². The molecule has 0 aromatic heterocycles. The number of carbonyl (C=O) groups is 1. The molecule has 0 saturated carbocycles. The van der Waals surface area contributed by atoms with Gasteiger partial charge in [-0.25, -0.2) is 4.79 Å². The van der Waals surface area contributed by atoms with Crippen LogP contribution in [0.15, 0.2) is 66.9 Å². The third-order valence-electron chi connectivity index (χ3n) is 3.72. The summed E-state index contributed by atoms with van der Waals surface area (Å²) in [6.45, 7) is 2.63. The molecule has 3 nitrogen and oxygen atoms in total. The van der Waals surface area contributed by atoms with Gasteiger partial charge in [0.05, 0.1) is 6.04 Å². The first-order valence-corrected chi connectivity index (χ1v) is 7.19. The zero-order chi connectivity index (χ0) is 14.7. The van der Waals surface area contributed by atoms with Gasteiger partial charge in [0.1, 0.15) is 0 Å². The molecule has 106 valence electrons. The molecule has 0 fully saturated rings. The van der Waals surface area contributed by atoms with Crippen LogP contribution in [-0.2, 0) is 0 Å². The van der Waals surface area contributed by atoms with Crippen molar-refractivity contribution < 1.29 is 4.79 Å². The highest BCUT2D eigenvalue weighted by Gasteiger charge is 2.27. The molecule has 1 atom stereocenters. The number of hydrogen-bond acceptors (Lipinski definition) is 1. The molecule has 0 saturated heterocycles. The Hall–Kier alpha value is -2.55. The highest BCUT2D eigenvalue weighted by atomic mass is 16.2. The minimum absolute atomic E-state index is 0.0500. The van der Waals surface area contributed by atoms with Crippen molar-refractivity contribution in [1.29, 1.82) is 0 Å². The van der Waals surface area contributed by atoms with E-state index in [0.717, 1.165) is 16.7 Å². The van der Waals surface area contributed by atoms with Crippen LogP contribution in [0.3, 0.4) is 0 Å². The maximum Gasteiger partial charge on any atom is 0.322 e. The molecular formula is C18H18N2O. The van der Waals surface area contributed by atoms with E-state index < -0.39 is 0 Å². The van der Waals surface area contributed by atoms with Crippen LogP contribution < -0.4 is 5.32 Å². The van der Waals surface area contributed by atoms with Crippen LogP contribution in [0, 0.1) is 0 Å². The second kappa shape index (κ2) is 5.83. The lowest BCUT2D eigenvalue weighted by atomic mass is 9.92. The summed E-state index contributed by atoms with van der Waals surface area (Å²) in [5.41, 5.74) is 3.34. The molecule has 1 aliphatic heterocycles. The Morgan fingerprint density at radius 3 is 2.24 bits per heavy atom. The fraction of sp³-hybridized carbons (Fsp3) is 0.167. The third-order valence-corrected chi connectivity index (χ3v) is 3.72. The number of nitrogens with one attached hydrogen (secondary N) is 1. The number of carbonyl (C=O) groups excluding carboxylic acids is 1. The number of rotatable bonds is 3. The van der Waals surface area contributed by atoms with Gasteiger partial charge in [-0.15, -0.1) is 0 Å². The predicted molar refractivity (Wildman–Crippen MR) is 84.5 cm³/mol. The lowest BCUT2D eigenvalue weighted by molar-refractivity contribution is 0.212. The van der Waals surface area contributed by atoms with E-state index in [4.69, 9.17) is 0 Å². The average Bonchev–Trinajstić information content (AvgIpc) is 2.56. The van der Waals surface area contributed by atoms with Crippen molar-refractivity contribution in [2.45, 2.75) is 13.0 Å². The van der Waals surface area contributed by atoms with E-state index in [1.54, 1.807) is 4.90 Å². The van der Waals surface area contributed by atoms with Crippen LogP contribution >= 0.6 is 0 Å². The van der Waals surface area contributed by atoms with Gasteiger partial charge >= 0.3 is 6.03 Å². The summed E-state index contributed by atoms with van der Waals surface area (Å²) in [6, 6.07) is 20.1. The first-order chi connectivity index (χ1) is 10.3. The summed E-state index contributed by atoms with van der Waals surface area (Å²) >= 11 is 0. The number of hydrogen-bond donors (Lipinski definition) is 1. The zero-order valence-electron chi connectivity index (χ0n) is 12.0. The summed E-state index contributed by atoms with van der Waals surface area (Å²) in [6.07, 6.45) is 1.96. The Bertz CT molecular complexity index is 649. The van der Waals surface area contributed by atoms with E-state index in [2.05, 4.69) is 17.4 Å².